The Labute approximate surface area is 797 Å². The monoisotopic (exact) mass is 1770 g/mol. The van der Waals surface area contributed by atoms with Gasteiger partial charge in [0.05, 0.1) is 23.6 Å². The molecule has 2 aliphatic carbocycles. The van der Waals surface area contributed by atoms with Crippen LogP contribution in [0.1, 0.15) is 390 Å². The molecule has 2 fully saturated rings. The van der Waals surface area contributed by atoms with E-state index in [1.54, 1.807) is 22.3 Å². The molecule has 20 rings (SSSR count). The number of aromatic nitrogens is 3. The molecule has 0 atom stereocenters. The first-order chi connectivity index (χ1) is 62.0. The fourth-order valence-electron chi connectivity index (χ4n) is 20.8. The predicted molar refractivity (Wildman–Crippen MR) is 558 cm³/mol. The van der Waals surface area contributed by atoms with Crippen molar-refractivity contribution < 1.29 is 0 Å². The number of fused-ring (bicyclic) bond motifs is 11. The topological polar surface area (TPSA) is 77.5 Å². The van der Waals surface area contributed by atoms with E-state index < -0.39 is 0 Å². The van der Waals surface area contributed by atoms with Gasteiger partial charge >= 0.3 is 0 Å². The van der Waals surface area contributed by atoms with Gasteiger partial charge in [0.25, 0.3) is 0 Å². The molecule has 2 N–H and O–H groups in total. The summed E-state index contributed by atoms with van der Waals surface area (Å²) in [6.07, 6.45) is 11.1. The molecule has 11 aliphatic rings. The maximum absolute atomic E-state index is 4.76. The quantitative estimate of drug-likeness (QED) is 0.137. The van der Waals surface area contributed by atoms with Gasteiger partial charge < -0.3 is 30.2 Å². The van der Waals surface area contributed by atoms with Crippen LogP contribution in [0.15, 0.2) is 146 Å². The minimum Gasteiger partial charge on any atom is -0.312 e. The lowest BCUT2D eigenvalue weighted by Gasteiger charge is -2.34. The highest BCUT2D eigenvalue weighted by molar-refractivity contribution is 5.47. The zero-order chi connectivity index (χ0) is 94.9. The van der Waals surface area contributed by atoms with Gasteiger partial charge in [-0.2, -0.15) is 5.10 Å². The fourth-order valence-corrected chi connectivity index (χ4v) is 20.8. The van der Waals surface area contributed by atoms with Gasteiger partial charge in [0.2, 0.25) is 0 Å². The highest BCUT2D eigenvalue weighted by Crippen LogP contribution is 2.53. The van der Waals surface area contributed by atoms with E-state index in [1.165, 1.54) is 187 Å². The highest BCUT2D eigenvalue weighted by atomic mass is 15.3. The smallest absolute Gasteiger partial charge is 0.0653 e. The second-order valence-electron chi connectivity index (χ2n) is 45.9. The molecule has 12 heteroatoms. The Hall–Kier alpha value is -7.46. The van der Waals surface area contributed by atoms with Crippen LogP contribution in [0.3, 0.4) is 0 Å². The SMILES string of the molecule is CC(C)c1cc2n(n1)CCN(C)C2.CC(C)c1ccc2c(c1)C(C)(C)NCC2.CC(C)c1ccc2c(c1)CCN(C)C2.CC(C)c1ccc2c(c1)CN(C(C)C)C2.CC(C)c1ccc2c(c1)CN(C)C2.CC(C)c1ccc2c(c1)CN(C)CC2.CC(C)c1ccc2c(c1)CN(C)CC21CC1.CC(C)c1ccc2c(c1)CNCC2(C)C.CC(C)c1cnc2c(c1)CN(C)CC21CC1. The number of likely N-dealkylation sites (N-methyl/N-ethyl adjacent to an activating group) is 5. The molecule has 9 aromatic rings. The van der Waals surface area contributed by atoms with Gasteiger partial charge in [0.15, 0.2) is 0 Å². The van der Waals surface area contributed by atoms with Crippen LogP contribution < -0.4 is 10.6 Å². The van der Waals surface area contributed by atoms with Crippen molar-refractivity contribution in [1.29, 1.82) is 0 Å². The summed E-state index contributed by atoms with van der Waals surface area (Å²) in [5.41, 5.74) is 40.0. The Morgan fingerprint density at radius 1 is 0.313 bits per heavy atom. The Balaban J connectivity index is 0.000000133. The van der Waals surface area contributed by atoms with E-state index in [0.29, 0.717) is 70.1 Å². The molecule has 9 aliphatic heterocycles. The summed E-state index contributed by atoms with van der Waals surface area (Å²) in [5.74, 6) is 5.61. The van der Waals surface area contributed by atoms with E-state index in [4.69, 9.17) is 4.98 Å². The van der Waals surface area contributed by atoms with Crippen molar-refractivity contribution in [3.8, 4) is 0 Å². The summed E-state index contributed by atoms with van der Waals surface area (Å²) in [4.78, 5) is 21.7. The summed E-state index contributed by atoms with van der Waals surface area (Å²) in [5, 5.41) is 11.7. The highest BCUT2D eigenvalue weighted by Gasteiger charge is 2.50. The summed E-state index contributed by atoms with van der Waals surface area (Å²) < 4.78 is 2.15. The first-order valence-electron chi connectivity index (χ1n) is 51.2. The van der Waals surface area contributed by atoms with Crippen LogP contribution in [0.4, 0.5) is 0 Å². The molecule has 0 radical (unpaired) electrons. The number of nitrogens with one attached hydrogen (secondary N) is 2. The van der Waals surface area contributed by atoms with Crippen LogP contribution in [0.5, 0.6) is 0 Å². The third kappa shape index (κ3) is 26.8. The van der Waals surface area contributed by atoms with Gasteiger partial charge in [-0.3, -0.25) is 24.4 Å². The first-order valence-corrected chi connectivity index (χ1v) is 51.2. The van der Waals surface area contributed by atoms with Crippen LogP contribution in [-0.4, -0.2) is 143 Å². The summed E-state index contributed by atoms with van der Waals surface area (Å²) in [6, 6.07) is 54.3. The standard InChI is InChI=1S/C15H21N.C14H20N2.3C14H21N.2C13H19N.C12H17N.C10H17N3/c1-11(2)12-4-5-14-13(8-12)9-16(3)10-15(14)6-7-15;1-10(2)11-6-12-8-16(3)9-14(4-5-14)13(12)15-7-11;1-10(2)11-5-6-13-12(7-11)8-15-9-14(13,3)4;1-10(2)12-5-6-13-8-15(11(3)4)9-14(13)7-12;1-10(2)12-6-5-11-7-8-15-14(3,4)13(11)9-12;1-10(2)11-4-5-13-9-14(3)7-6-12(13)8-11;1-10(2)12-5-4-11-6-7-14(3)9-13(11)8-12;1-9(2)10-4-5-11-7-13(3)8-12(11)6-10;1-8(2)10-6-9-7-12(3)4-5-13(9)11-10/h4-5,8,11H,6-7,9-10H2,1-3H3;6-7,10H,4-5,8-9H2,1-3H3;5-7,10,15H,8-9H2,1-4H3;5-7,10-11H,8-9H2,1-4H3;5-6,9-10,15H,7-8H2,1-4H3;2*4-5,8,10H,6-7,9H2,1-3H3;4-6,9H,7-8H2,1-3H3;6,8H,4-5,7H2,1-3H3. The van der Waals surface area contributed by atoms with E-state index in [0.717, 1.165) is 98.0 Å². The Kier molecular flexibility index (Phi) is 34.9. The van der Waals surface area contributed by atoms with E-state index in [9.17, 15) is 0 Å². The molecule has 0 unspecified atom stereocenters. The maximum Gasteiger partial charge on any atom is 0.0653 e. The van der Waals surface area contributed by atoms with Gasteiger partial charge in [-0.1, -0.05) is 272 Å². The van der Waals surface area contributed by atoms with Crippen LogP contribution >= 0.6 is 0 Å². The van der Waals surface area contributed by atoms with Gasteiger partial charge in [-0.15, -0.1) is 0 Å². The minimum atomic E-state index is 0.137. The van der Waals surface area contributed by atoms with Crippen molar-refractivity contribution in [2.75, 3.05) is 88.1 Å². The fraction of sp³-hybridized carbons (Fsp3) is 0.580. The lowest BCUT2D eigenvalue weighted by Crippen LogP contribution is -2.42. The van der Waals surface area contributed by atoms with Gasteiger partial charge in [-0.05, 0) is 309 Å². The molecular formula is C119H176N12. The molecule has 2 spiro atoms. The summed E-state index contributed by atoms with van der Waals surface area (Å²) >= 11 is 0. The maximum atomic E-state index is 4.76. The Bertz CT molecular complexity index is 5150. The van der Waals surface area contributed by atoms with E-state index >= 15 is 0 Å². The van der Waals surface area contributed by atoms with Crippen molar-refractivity contribution in [3.05, 3.63) is 291 Å². The summed E-state index contributed by atoms with van der Waals surface area (Å²) in [6.45, 7) is 74.4. The molecule has 0 amide bonds. The lowest BCUT2D eigenvalue weighted by molar-refractivity contribution is 0.227. The van der Waals surface area contributed by atoms with Crippen LogP contribution in [0.2, 0.25) is 0 Å². The van der Waals surface area contributed by atoms with Gasteiger partial charge in [-0.25, -0.2) is 0 Å². The number of benzene rings is 7. The second-order valence-corrected chi connectivity index (χ2v) is 45.9. The molecule has 11 heterocycles. The van der Waals surface area contributed by atoms with Crippen LogP contribution in [0, 0.1) is 0 Å². The Morgan fingerprint density at radius 2 is 0.710 bits per heavy atom. The predicted octanol–water partition coefficient (Wildman–Crippen LogP) is 25.7. The zero-order valence-electron chi connectivity index (χ0n) is 87.8. The van der Waals surface area contributed by atoms with Crippen molar-refractivity contribution in [2.45, 2.75) is 364 Å². The van der Waals surface area contributed by atoms with E-state index in [1.807, 2.05) is 0 Å². The molecular weight excluding hydrogens is 1600 g/mol. The zero-order valence-corrected chi connectivity index (χ0v) is 87.8. The molecule has 0 bridgehead atoms. The molecule has 131 heavy (non-hydrogen) atoms. The van der Waals surface area contributed by atoms with E-state index in [2.05, 4.69) is 409 Å². The molecule has 12 nitrogen and oxygen atoms in total. The molecule has 0 saturated heterocycles. The number of pyridine rings is 1. The van der Waals surface area contributed by atoms with Gasteiger partial charge in [0.1, 0.15) is 0 Å². The van der Waals surface area contributed by atoms with Crippen molar-refractivity contribution in [3.63, 3.8) is 0 Å². The first kappa shape index (κ1) is 102. The number of hydrogen-bond donors (Lipinski definition) is 2. The summed E-state index contributed by atoms with van der Waals surface area (Å²) in [7, 11) is 13.2. The molecule has 2 saturated carbocycles. The third-order valence-electron chi connectivity index (χ3n) is 30.1. The normalized spacial score (nSPS) is 18.8. The van der Waals surface area contributed by atoms with Crippen molar-refractivity contribution >= 4 is 0 Å². The third-order valence-corrected chi connectivity index (χ3v) is 30.1. The van der Waals surface area contributed by atoms with Crippen molar-refractivity contribution in [2.24, 2.45) is 0 Å². The Morgan fingerprint density at radius 3 is 1.24 bits per heavy atom. The van der Waals surface area contributed by atoms with E-state index in [-0.39, 0.29) is 11.0 Å². The van der Waals surface area contributed by atoms with Crippen LogP contribution in [-0.2, 0) is 113 Å². The number of hydrogen-bond acceptors (Lipinski definition) is 11. The molecule has 2 aromatic heterocycles. The lowest BCUT2D eigenvalue weighted by atomic mass is 9.78. The average molecular weight is 1770 g/mol. The van der Waals surface area contributed by atoms with Crippen molar-refractivity contribution in [1.82, 2.24) is 59.7 Å². The number of rotatable bonds is 10. The second kappa shape index (κ2) is 44.6. The largest absolute Gasteiger partial charge is 0.312 e. The minimum absolute atomic E-state index is 0.137. The average Bonchev–Trinajstić information content (AvgIpc) is 1.59. The van der Waals surface area contributed by atoms with Gasteiger partial charge in [0, 0.05) is 139 Å². The number of nitrogens with zero attached hydrogens (tertiary/aromatic N) is 10. The van der Waals surface area contributed by atoms with Crippen LogP contribution in [0.25, 0.3) is 0 Å². The molecule has 712 valence electrons. The molecule has 7 aromatic carbocycles.